The average Bonchev–Trinajstić information content (AvgIpc) is 2.12. The van der Waals surface area contributed by atoms with Crippen LogP contribution < -0.4 is 17.2 Å². The SMILES string of the molecule is Cc1cc(F)cc(O)c1/C(N)=C/C=C(N)N. The molecule has 4 nitrogen and oxygen atoms in total. The Kier molecular flexibility index (Phi) is 3.40. The van der Waals surface area contributed by atoms with Crippen LogP contribution in [0.25, 0.3) is 5.70 Å². The van der Waals surface area contributed by atoms with Crippen LogP contribution in [0.5, 0.6) is 5.75 Å². The molecule has 0 atom stereocenters. The lowest BCUT2D eigenvalue weighted by Crippen LogP contribution is -2.07. The quantitative estimate of drug-likeness (QED) is 0.560. The normalized spacial score (nSPS) is 11.2. The van der Waals surface area contributed by atoms with Gasteiger partial charge in [-0.2, -0.15) is 0 Å². The van der Waals surface area contributed by atoms with Crippen LogP contribution in [0, 0.1) is 12.7 Å². The summed E-state index contributed by atoms with van der Waals surface area (Å²) >= 11 is 0. The van der Waals surface area contributed by atoms with Gasteiger partial charge in [-0.25, -0.2) is 4.39 Å². The van der Waals surface area contributed by atoms with E-state index in [1.807, 2.05) is 0 Å². The summed E-state index contributed by atoms with van der Waals surface area (Å²) in [7, 11) is 0. The van der Waals surface area contributed by atoms with Gasteiger partial charge in [0.15, 0.2) is 0 Å². The number of allylic oxidation sites excluding steroid dienone is 2. The Balaban J connectivity index is 3.24. The first-order valence-electron chi connectivity index (χ1n) is 4.59. The molecule has 86 valence electrons. The molecule has 0 aliphatic heterocycles. The summed E-state index contributed by atoms with van der Waals surface area (Å²) in [6.45, 7) is 1.65. The number of halogens is 1. The smallest absolute Gasteiger partial charge is 0.128 e. The molecular weight excluding hydrogens is 209 g/mol. The number of nitrogens with two attached hydrogens (primary N) is 3. The van der Waals surface area contributed by atoms with Crippen molar-refractivity contribution >= 4 is 5.70 Å². The second kappa shape index (κ2) is 4.57. The number of aromatic hydroxyl groups is 1. The Morgan fingerprint density at radius 3 is 2.38 bits per heavy atom. The number of hydrogen-bond donors (Lipinski definition) is 4. The summed E-state index contributed by atoms with van der Waals surface area (Å²) in [6, 6.07) is 2.28. The number of phenols is 1. The molecule has 0 radical (unpaired) electrons. The molecule has 0 aliphatic carbocycles. The molecular formula is C11H14FN3O. The fourth-order valence-electron chi connectivity index (χ4n) is 1.37. The van der Waals surface area contributed by atoms with Gasteiger partial charge >= 0.3 is 0 Å². The summed E-state index contributed by atoms with van der Waals surface area (Å²) in [5, 5.41) is 9.56. The molecule has 7 N–H and O–H groups in total. The van der Waals surface area contributed by atoms with E-state index in [0.717, 1.165) is 6.07 Å². The van der Waals surface area contributed by atoms with Gasteiger partial charge in [0.1, 0.15) is 11.6 Å². The summed E-state index contributed by atoms with van der Waals surface area (Å²) in [6.07, 6.45) is 2.85. The van der Waals surface area contributed by atoms with Gasteiger partial charge in [-0.1, -0.05) is 0 Å². The van der Waals surface area contributed by atoms with Gasteiger partial charge in [-0.3, -0.25) is 0 Å². The Morgan fingerprint density at radius 2 is 1.88 bits per heavy atom. The molecule has 5 heteroatoms. The first-order chi connectivity index (χ1) is 7.41. The lowest BCUT2D eigenvalue weighted by atomic mass is 10.0. The molecule has 0 saturated heterocycles. The largest absolute Gasteiger partial charge is 0.507 e. The minimum Gasteiger partial charge on any atom is -0.507 e. The zero-order chi connectivity index (χ0) is 12.3. The molecule has 1 aromatic rings. The van der Waals surface area contributed by atoms with Gasteiger partial charge in [0, 0.05) is 17.3 Å². The van der Waals surface area contributed by atoms with Gasteiger partial charge in [0.05, 0.1) is 5.82 Å². The van der Waals surface area contributed by atoms with Gasteiger partial charge in [0.25, 0.3) is 0 Å². The summed E-state index contributed by atoms with van der Waals surface area (Å²) in [5.74, 6) is -0.627. The minimum absolute atomic E-state index is 0.0993. The maximum absolute atomic E-state index is 12.9. The highest BCUT2D eigenvalue weighted by atomic mass is 19.1. The van der Waals surface area contributed by atoms with Gasteiger partial charge < -0.3 is 22.3 Å². The van der Waals surface area contributed by atoms with Crippen LogP contribution >= 0.6 is 0 Å². The van der Waals surface area contributed by atoms with E-state index in [0.29, 0.717) is 11.1 Å². The van der Waals surface area contributed by atoms with Crippen LogP contribution in [0.3, 0.4) is 0 Å². The van der Waals surface area contributed by atoms with Crippen LogP contribution in [0.2, 0.25) is 0 Å². The van der Waals surface area contributed by atoms with Crippen molar-refractivity contribution < 1.29 is 9.50 Å². The fourth-order valence-corrected chi connectivity index (χ4v) is 1.37. The Labute approximate surface area is 92.9 Å². The van der Waals surface area contributed by atoms with E-state index >= 15 is 0 Å². The molecule has 0 aliphatic rings. The number of phenolic OH excluding ortho intramolecular Hbond substituents is 1. The number of rotatable bonds is 2. The van der Waals surface area contributed by atoms with E-state index in [1.54, 1.807) is 6.92 Å². The predicted molar refractivity (Wildman–Crippen MR) is 61.4 cm³/mol. The van der Waals surface area contributed by atoms with Crippen molar-refractivity contribution in [1.29, 1.82) is 0 Å². The van der Waals surface area contributed by atoms with Crippen molar-refractivity contribution in [2.24, 2.45) is 17.2 Å². The van der Waals surface area contributed by atoms with Crippen molar-refractivity contribution in [1.82, 2.24) is 0 Å². The van der Waals surface area contributed by atoms with Crippen molar-refractivity contribution in [3.8, 4) is 5.75 Å². The first-order valence-corrected chi connectivity index (χ1v) is 4.59. The molecule has 0 amide bonds. The highest BCUT2D eigenvalue weighted by molar-refractivity contribution is 5.71. The third kappa shape index (κ3) is 2.66. The summed E-state index contributed by atoms with van der Waals surface area (Å²) in [4.78, 5) is 0. The monoisotopic (exact) mass is 223 g/mol. The zero-order valence-electron chi connectivity index (χ0n) is 8.87. The van der Waals surface area contributed by atoms with E-state index in [1.165, 1.54) is 18.2 Å². The van der Waals surface area contributed by atoms with Gasteiger partial charge in [-0.05, 0) is 30.7 Å². The standard InChI is InChI=1S/C11H14FN3O/c1-6-4-7(12)5-9(16)11(6)8(13)2-3-10(14)15/h2-5,16H,13-15H2,1H3/b8-2-. The molecule has 0 heterocycles. The minimum atomic E-state index is -0.513. The Hall–Kier alpha value is -2.17. The molecule has 0 bridgehead atoms. The van der Waals surface area contributed by atoms with Crippen LogP contribution in [-0.4, -0.2) is 5.11 Å². The number of benzene rings is 1. The molecule has 0 unspecified atom stereocenters. The molecule has 16 heavy (non-hydrogen) atoms. The van der Waals surface area contributed by atoms with E-state index in [4.69, 9.17) is 17.2 Å². The molecule has 1 aromatic carbocycles. The third-order valence-corrected chi connectivity index (χ3v) is 2.02. The molecule has 0 aromatic heterocycles. The van der Waals surface area contributed by atoms with Crippen molar-refractivity contribution in [2.45, 2.75) is 6.92 Å². The number of hydrogen-bond acceptors (Lipinski definition) is 4. The lowest BCUT2D eigenvalue weighted by Gasteiger charge is -2.08. The van der Waals surface area contributed by atoms with Crippen LogP contribution in [0.4, 0.5) is 4.39 Å². The van der Waals surface area contributed by atoms with Crippen LogP contribution in [-0.2, 0) is 0 Å². The van der Waals surface area contributed by atoms with E-state index in [2.05, 4.69) is 0 Å². The second-order valence-electron chi connectivity index (χ2n) is 3.41. The van der Waals surface area contributed by atoms with Crippen molar-refractivity contribution in [2.75, 3.05) is 0 Å². The molecule has 0 spiro atoms. The topological polar surface area (TPSA) is 98.3 Å². The maximum Gasteiger partial charge on any atom is 0.128 e. The number of aryl methyl sites for hydroxylation is 1. The average molecular weight is 223 g/mol. The Bertz CT molecular complexity index is 439. The highest BCUT2D eigenvalue weighted by Crippen LogP contribution is 2.26. The third-order valence-electron chi connectivity index (χ3n) is 2.02. The zero-order valence-corrected chi connectivity index (χ0v) is 8.87. The Morgan fingerprint density at radius 1 is 1.25 bits per heavy atom. The van der Waals surface area contributed by atoms with Crippen molar-refractivity contribution in [3.63, 3.8) is 0 Å². The van der Waals surface area contributed by atoms with E-state index in [-0.39, 0.29) is 17.3 Å². The summed E-state index contributed by atoms with van der Waals surface area (Å²) < 4.78 is 12.9. The highest BCUT2D eigenvalue weighted by Gasteiger charge is 2.09. The van der Waals surface area contributed by atoms with Crippen LogP contribution in [0.15, 0.2) is 30.1 Å². The van der Waals surface area contributed by atoms with Gasteiger partial charge in [0.2, 0.25) is 0 Å². The second-order valence-corrected chi connectivity index (χ2v) is 3.41. The van der Waals surface area contributed by atoms with E-state index < -0.39 is 5.82 Å². The summed E-state index contributed by atoms with van der Waals surface area (Å²) in [5.41, 5.74) is 17.4. The van der Waals surface area contributed by atoms with E-state index in [9.17, 15) is 9.50 Å². The first kappa shape index (κ1) is 11.9. The van der Waals surface area contributed by atoms with Crippen molar-refractivity contribution in [3.05, 3.63) is 47.0 Å². The molecule has 1 rings (SSSR count). The van der Waals surface area contributed by atoms with Gasteiger partial charge in [-0.15, -0.1) is 0 Å². The lowest BCUT2D eigenvalue weighted by molar-refractivity contribution is 0.466. The molecule has 0 saturated carbocycles. The fraction of sp³-hybridized carbons (Fsp3) is 0.0909. The molecule has 0 fully saturated rings. The maximum atomic E-state index is 12.9. The van der Waals surface area contributed by atoms with Crippen LogP contribution in [0.1, 0.15) is 11.1 Å². The predicted octanol–water partition coefficient (Wildman–Crippen LogP) is 0.898.